The Labute approximate surface area is 100 Å². The SMILES string of the molecule is O=C(NCc1cccs1)C1CC2CCC1C2. The molecule has 1 N–H and O–H groups in total. The van der Waals surface area contributed by atoms with Crippen molar-refractivity contribution < 1.29 is 4.79 Å². The Hall–Kier alpha value is -0.830. The van der Waals surface area contributed by atoms with Crippen molar-refractivity contribution in [2.45, 2.75) is 32.2 Å². The highest BCUT2D eigenvalue weighted by molar-refractivity contribution is 7.09. The third-order valence-corrected chi connectivity index (χ3v) is 4.97. The Morgan fingerprint density at radius 2 is 2.38 bits per heavy atom. The van der Waals surface area contributed by atoms with Gasteiger partial charge in [-0.1, -0.05) is 12.5 Å². The van der Waals surface area contributed by atoms with Crippen LogP contribution in [0.5, 0.6) is 0 Å². The van der Waals surface area contributed by atoms with Crippen LogP contribution in [0, 0.1) is 17.8 Å². The van der Waals surface area contributed by atoms with Gasteiger partial charge >= 0.3 is 0 Å². The fraction of sp³-hybridized carbons (Fsp3) is 0.615. The van der Waals surface area contributed by atoms with Crippen LogP contribution in [0.2, 0.25) is 0 Å². The van der Waals surface area contributed by atoms with E-state index in [1.54, 1.807) is 11.3 Å². The second-order valence-corrected chi connectivity index (χ2v) is 6.11. The molecular weight excluding hydrogens is 218 g/mol. The summed E-state index contributed by atoms with van der Waals surface area (Å²) in [6.45, 7) is 0.713. The molecule has 0 spiro atoms. The van der Waals surface area contributed by atoms with Crippen molar-refractivity contribution in [3.63, 3.8) is 0 Å². The van der Waals surface area contributed by atoms with Crippen LogP contribution >= 0.6 is 11.3 Å². The summed E-state index contributed by atoms with van der Waals surface area (Å²) in [4.78, 5) is 13.3. The van der Waals surface area contributed by atoms with Gasteiger partial charge in [-0.05, 0) is 42.5 Å². The monoisotopic (exact) mass is 235 g/mol. The van der Waals surface area contributed by atoms with Crippen LogP contribution in [0.3, 0.4) is 0 Å². The summed E-state index contributed by atoms with van der Waals surface area (Å²) >= 11 is 1.71. The number of amides is 1. The summed E-state index contributed by atoms with van der Waals surface area (Å²) in [6.07, 6.45) is 5.08. The van der Waals surface area contributed by atoms with Crippen molar-refractivity contribution in [1.29, 1.82) is 0 Å². The van der Waals surface area contributed by atoms with E-state index in [2.05, 4.69) is 16.8 Å². The topological polar surface area (TPSA) is 29.1 Å². The van der Waals surface area contributed by atoms with Crippen LogP contribution in [-0.4, -0.2) is 5.91 Å². The second kappa shape index (κ2) is 4.21. The molecule has 2 aliphatic rings. The Kier molecular flexibility index (Phi) is 2.72. The van der Waals surface area contributed by atoms with E-state index in [1.807, 2.05) is 6.07 Å². The Morgan fingerprint density at radius 3 is 3.00 bits per heavy atom. The molecule has 86 valence electrons. The largest absolute Gasteiger partial charge is 0.351 e. The van der Waals surface area contributed by atoms with E-state index in [9.17, 15) is 4.79 Å². The maximum Gasteiger partial charge on any atom is 0.223 e. The minimum atomic E-state index is 0.292. The Balaban J connectivity index is 1.54. The van der Waals surface area contributed by atoms with Crippen LogP contribution in [0.15, 0.2) is 17.5 Å². The highest BCUT2D eigenvalue weighted by Crippen LogP contribution is 2.48. The van der Waals surface area contributed by atoms with Crippen LogP contribution in [-0.2, 0) is 11.3 Å². The van der Waals surface area contributed by atoms with E-state index >= 15 is 0 Å². The molecule has 2 saturated carbocycles. The summed E-state index contributed by atoms with van der Waals surface area (Å²) in [5.74, 6) is 2.15. The first-order chi connectivity index (χ1) is 7.83. The number of hydrogen-bond donors (Lipinski definition) is 1. The first-order valence-corrected chi connectivity index (χ1v) is 7.01. The van der Waals surface area contributed by atoms with Crippen molar-refractivity contribution >= 4 is 17.2 Å². The van der Waals surface area contributed by atoms with Crippen LogP contribution in [0.4, 0.5) is 0 Å². The van der Waals surface area contributed by atoms with Gasteiger partial charge in [-0.25, -0.2) is 0 Å². The molecule has 1 aromatic heterocycles. The smallest absolute Gasteiger partial charge is 0.223 e. The lowest BCUT2D eigenvalue weighted by atomic mass is 9.88. The predicted octanol–water partition coefficient (Wildman–Crippen LogP) is 2.80. The minimum Gasteiger partial charge on any atom is -0.351 e. The third kappa shape index (κ3) is 1.88. The summed E-state index contributed by atoms with van der Waals surface area (Å²) in [7, 11) is 0. The molecule has 0 aliphatic heterocycles. The predicted molar refractivity (Wildman–Crippen MR) is 65.1 cm³/mol. The van der Waals surface area contributed by atoms with Gasteiger partial charge in [-0.15, -0.1) is 11.3 Å². The first kappa shape index (κ1) is 10.3. The van der Waals surface area contributed by atoms with E-state index in [1.165, 1.54) is 24.1 Å². The molecule has 2 aliphatic carbocycles. The van der Waals surface area contributed by atoms with Crippen molar-refractivity contribution in [1.82, 2.24) is 5.32 Å². The first-order valence-electron chi connectivity index (χ1n) is 6.13. The van der Waals surface area contributed by atoms with Gasteiger partial charge in [0.25, 0.3) is 0 Å². The zero-order valence-electron chi connectivity index (χ0n) is 9.32. The van der Waals surface area contributed by atoms with Gasteiger partial charge in [0.1, 0.15) is 0 Å². The van der Waals surface area contributed by atoms with Crippen LogP contribution in [0.1, 0.15) is 30.6 Å². The lowest BCUT2D eigenvalue weighted by Gasteiger charge is -2.20. The molecule has 1 heterocycles. The third-order valence-electron chi connectivity index (χ3n) is 4.09. The van der Waals surface area contributed by atoms with E-state index in [0.717, 1.165) is 12.3 Å². The molecule has 16 heavy (non-hydrogen) atoms. The summed E-state index contributed by atoms with van der Waals surface area (Å²) in [5, 5.41) is 5.14. The molecular formula is C13H17NOS. The highest BCUT2D eigenvalue weighted by Gasteiger charge is 2.42. The van der Waals surface area contributed by atoms with Gasteiger partial charge in [-0.3, -0.25) is 4.79 Å². The number of hydrogen-bond acceptors (Lipinski definition) is 2. The molecule has 2 fully saturated rings. The fourth-order valence-electron chi connectivity index (χ4n) is 3.28. The van der Waals surface area contributed by atoms with E-state index in [0.29, 0.717) is 24.3 Å². The molecule has 2 bridgehead atoms. The molecule has 1 amide bonds. The van der Waals surface area contributed by atoms with E-state index < -0.39 is 0 Å². The van der Waals surface area contributed by atoms with Crippen molar-refractivity contribution in [2.24, 2.45) is 17.8 Å². The van der Waals surface area contributed by atoms with Gasteiger partial charge in [0, 0.05) is 10.8 Å². The molecule has 3 unspecified atom stereocenters. The second-order valence-electron chi connectivity index (χ2n) is 5.08. The molecule has 3 heteroatoms. The van der Waals surface area contributed by atoms with Crippen molar-refractivity contribution in [3.8, 4) is 0 Å². The van der Waals surface area contributed by atoms with E-state index in [-0.39, 0.29) is 0 Å². The summed E-state index contributed by atoms with van der Waals surface area (Å²) in [6, 6.07) is 4.11. The molecule has 3 rings (SSSR count). The summed E-state index contributed by atoms with van der Waals surface area (Å²) in [5.41, 5.74) is 0. The number of nitrogens with one attached hydrogen (secondary N) is 1. The zero-order chi connectivity index (χ0) is 11.0. The minimum absolute atomic E-state index is 0.292. The highest BCUT2D eigenvalue weighted by atomic mass is 32.1. The number of thiophene rings is 1. The Bertz CT molecular complexity index is 373. The summed E-state index contributed by atoms with van der Waals surface area (Å²) < 4.78 is 0. The van der Waals surface area contributed by atoms with Crippen LogP contribution in [0.25, 0.3) is 0 Å². The number of carbonyl (C=O) groups is 1. The fourth-order valence-corrected chi connectivity index (χ4v) is 3.93. The van der Waals surface area contributed by atoms with Gasteiger partial charge in [-0.2, -0.15) is 0 Å². The van der Waals surface area contributed by atoms with Gasteiger partial charge in [0.15, 0.2) is 0 Å². The lowest BCUT2D eigenvalue weighted by molar-refractivity contribution is -0.126. The number of rotatable bonds is 3. The standard InChI is InChI=1S/C13H17NOS/c15-13(14-8-11-2-1-5-16-11)12-7-9-3-4-10(12)6-9/h1-2,5,9-10,12H,3-4,6-8H2,(H,14,15). The molecule has 3 atom stereocenters. The molecule has 1 aromatic rings. The molecule has 0 saturated heterocycles. The average molecular weight is 235 g/mol. The molecule has 0 aromatic carbocycles. The number of carbonyl (C=O) groups excluding carboxylic acids is 1. The van der Waals surface area contributed by atoms with Crippen molar-refractivity contribution in [2.75, 3.05) is 0 Å². The van der Waals surface area contributed by atoms with E-state index in [4.69, 9.17) is 0 Å². The zero-order valence-corrected chi connectivity index (χ0v) is 10.1. The Morgan fingerprint density at radius 1 is 1.44 bits per heavy atom. The lowest BCUT2D eigenvalue weighted by Crippen LogP contribution is -2.33. The normalized spacial score (nSPS) is 31.9. The van der Waals surface area contributed by atoms with Gasteiger partial charge in [0.05, 0.1) is 6.54 Å². The van der Waals surface area contributed by atoms with Crippen LogP contribution < -0.4 is 5.32 Å². The maximum absolute atomic E-state index is 12.0. The number of fused-ring (bicyclic) bond motifs is 2. The average Bonchev–Trinajstić information content (AvgIpc) is 3.01. The van der Waals surface area contributed by atoms with Crippen molar-refractivity contribution in [3.05, 3.63) is 22.4 Å². The quantitative estimate of drug-likeness (QED) is 0.857. The maximum atomic E-state index is 12.0. The van der Waals surface area contributed by atoms with Gasteiger partial charge in [0.2, 0.25) is 5.91 Å². The molecule has 0 radical (unpaired) electrons. The molecule has 2 nitrogen and oxygen atoms in total. The van der Waals surface area contributed by atoms with Gasteiger partial charge < -0.3 is 5.32 Å².